The van der Waals surface area contributed by atoms with Crippen molar-refractivity contribution in [1.29, 1.82) is 0 Å². The molecule has 1 aromatic rings. The number of aromatic nitrogens is 2. The number of aryl methyl sites for hydroxylation is 1. The van der Waals surface area contributed by atoms with Gasteiger partial charge in [0.2, 0.25) is 5.91 Å². The first-order chi connectivity index (χ1) is 10.6. The van der Waals surface area contributed by atoms with E-state index in [1.165, 1.54) is 0 Å². The summed E-state index contributed by atoms with van der Waals surface area (Å²) in [5, 5.41) is 16.0. The Balaban J connectivity index is 1.85. The van der Waals surface area contributed by atoms with E-state index in [0.717, 1.165) is 44.6 Å². The molecule has 1 aromatic heterocycles. The Hall–Kier alpha value is -1.40. The summed E-state index contributed by atoms with van der Waals surface area (Å²) in [4.78, 5) is 16.8. The van der Waals surface area contributed by atoms with Crippen molar-refractivity contribution in [3.63, 3.8) is 0 Å². The van der Waals surface area contributed by atoms with Crippen LogP contribution in [0.3, 0.4) is 0 Å². The number of nitrogens with zero attached hydrogens (tertiary/aromatic N) is 3. The van der Waals surface area contributed by atoms with Gasteiger partial charge < -0.3 is 10.0 Å². The Morgan fingerprint density at radius 2 is 2.32 bits per heavy atom. The van der Waals surface area contributed by atoms with E-state index in [2.05, 4.69) is 28.9 Å². The average Bonchev–Trinajstić information content (AvgIpc) is 2.99. The number of H-pyrrole nitrogens is 1. The zero-order chi connectivity index (χ0) is 15.9. The molecular weight excluding hydrogens is 280 g/mol. The summed E-state index contributed by atoms with van der Waals surface area (Å²) in [5.41, 5.74) is 1.07. The lowest BCUT2D eigenvalue weighted by molar-refractivity contribution is -0.134. The summed E-state index contributed by atoms with van der Waals surface area (Å²) in [5.74, 6) is 0.804. The van der Waals surface area contributed by atoms with E-state index in [-0.39, 0.29) is 18.6 Å². The van der Waals surface area contributed by atoms with Gasteiger partial charge in [0, 0.05) is 51.4 Å². The normalized spacial score (nSPS) is 19.8. The van der Waals surface area contributed by atoms with Gasteiger partial charge in [0.25, 0.3) is 0 Å². The number of aromatic amines is 1. The highest BCUT2D eigenvalue weighted by Crippen LogP contribution is 2.16. The maximum Gasteiger partial charge on any atom is 0.223 e. The van der Waals surface area contributed by atoms with Gasteiger partial charge in [0.05, 0.1) is 6.20 Å². The number of piperazine rings is 1. The maximum atomic E-state index is 12.4. The molecule has 1 atom stereocenters. The van der Waals surface area contributed by atoms with E-state index in [0.29, 0.717) is 12.3 Å². The first kappa shape index (κ1) is 17.0. The van der Waals surface area contributed by atoms with E-state index < -0.39 is 0 Å². The Bertz CT molecular complexity index is 447. The van der Waals surface area contributed by atoms with Crippen LogP contribution in [0.5, 0.6) is 0 Å². The molecule has 0 bridgehead atoms. The minimum Gasteiger partial charge on any atom is -0.396 e. The minimum absolute atomic E-state index is 0.177. The van der Waals surface area contributed by atoms with Crippen LogP contribution in [0, 0.1) is 5.92 Å². The molecule has 0 radical (unpaired) electrons. The van der Waals surface area contributed by atoms with Gasteiger partial charge in [-0.15, -0.1) is 0 Å². The first-order valence-electron chi connectivity index (χ1n) is 8.20. The molecule has 0 spiro atoms. The second-order valence-electron chi connectivity index (χ2n) is 6.50. The molecule has 1 fully saturated rings. The van der Waals surface area contributed by atoms with Crippen molar-refractivity contribution in [3.8, 4) is 0 Å². The van der Waals surface area contributed by atoms with Crippen LogP contribution in [0.1, 0.15) is 32.3 Å². The Morgan fingerprint density at radius 3 is 2.95 bits per heavy atom. The van der Waals surface area contributed by atoms with Crippen LogP contribution in [-0.4, -0.2) is 69.8 Å². The Kier molecular flexibility index (Phi) is 6.39. The molecule has 6 heteroatoms. The van der Waals surface area contributed by atoms with E-state index in [1.807, 2.05) is 11.1 Å². The van der Waals surface area contributed by atoms with Crippen molar-refractivity contribution < 1.29 is 9.90 Å². The number of carbonyl (C=O) groups is 1. The smallest absolute Gasteiger partial charge is 0.223 e. The molecule has 0 aromatic carbocycles. The van der Waals surface area contributed by atoms with Gasteiger partial charge in [-0.05, 0) is 24.3 Å². The molecule has 1 amide bonds. The fourth-order valence-corrected chi connectivity index (χ4v) is 3.08. The highest BCUT2D eigenvalue weighted by molar-refractivity contribution is 5.76. The van der Waals surface area contributed by atoms with Gasteiger partial charge in [-0.1, -0.05) is 13.8 Å². The summed E-state index contributed by atoms with van der Waals surface area (Å²) in [6.07, 6.45) is 5.59. The quantitative estimate of drug-likeness (QED) is 0.785. The van der Waals surface area contributed by atoms with Crippen LogP contribution in [0.15, 0.2) is 12.4 Å². The summed E-state index contributed by atoms with van der Waals surface area (Å²) in [7, 11) is 0. The van der Waals surface area contributed by atoms with Crippen LogP contribution in [0.2, 0.25) is 0 Å². The number of amides is 1. The lowest BCUT2D eigenvalue weighted by Gasteiger charge is -2.42. The van der Waals surface area contributed by atoms with Gasteiger partial charge >= 0.3 is 0 Å². The number of hydrogen-bond acceptors (Lipinski definition) is 4. The molecule has 2 N–H and O–H groups in total. The lowest BCUT2D eigenvalue weighted by Crippen LogP contribution is -2.55. The maximum absolute atomic E-state index is 12.4. The van der Waals surface area contributed by atoms with Crippen molar-refractivity contribution >= 4 is 5.91 Å². The summed E-state index contributed by atoms with van der Waals surface area (Å²) < 4.78 is 0. The molecule has 0 saturated carbocycles. The van der Waals surface area contributed by atoms with Crippen LogP contribution >= 0.6 is 0 Å². The molecule has 6 nitrogen and oxygen atoms in total. The lowest BCUT2D eigenvalue weighted by atomic mass is 10.1. The Labute approximate surface area is 132 Å². The molecule has 1 aliphatic heterocycles. The number of hydrogen-bond donors (Lipinski definition) is 2. The predicted octanol–water partition coefficient (Wildman–Crippen LogP) is 0.893. The zero-order valence-electron chi connectivity index (χ0n) is 13.7. The average molecular weight is 308 g/mol. The van der Waals surface area contributed by atoms with Crippen molar-refractivity contribution in [2.45, 2.75) is 39.2 Å². The SMILES string of the molecule is CC(C)CN1CCN(C(=O)CCc2cn[nH]c2)CC1CCO. The molecular formula is C16H28N4O2. The fourth-order valence-electron chi connectivity index (χ4n) is 3.08. The van der Waals surface area contributed by atoms with E-state index in [1.54, 1.807) is 6.20 Å². The fraction of sp³-hybridized carbons (Fsp3) is 0.750. The topological polar surface area (TPSA) is 72.5 Å². The molecule has 1 unspecified atom stereocenters. The van der Waals surface area contributed by atoms with Crippen molar-refractivity contribution in [1.82, 2.24) is 20.0 Å². The van der Waals surface area contributed by atoms with Gasteiger partial charge in [-0.2, -0.15) is 5.10 Å². The van der Waals surface area contributed by atoms with Crippen molar-refractivity contribution in [2.75, 3.05) is 32.8 Å². The van der Waals surface area contributed by atoms with Crippen LogP contribution in [0.4, 0.5) is 0 Å². The van der Waals surface area contributed by atoms with Gasteiger partial charge in [-0.25, -0.2) is 0 Å². The molecule has 1 saturated heterocycles. The molecule has 22 heavy (non-hydrogen) atoms. The number of aliphatic hydroxyl groups is 1. The number of rotatable bonds is 7. The standard InChI is InChI=1S/C16H28N4O2/c1-13(2)11-19-6-7-20(12-15(19)5-8-21)16(22)4-3-14-9-17-18-10-14/h9-10,13,15,21H,3-8,11-12H2,1-2H3,(H,17,18). The predicted molar refractivity (Wildman–Crippen MR) is 85.4 cm³/mol. The second kappa shape index (κ2) is 8.29. The third-order valence-corrected chi connectivity index (χ3v) is 4.20. The van der Waals surface area contributed by atoms with Crippen molar-refractivity contribution in [3.05, 3.63) is 18.0 Å². The van der Waals surface area contributed by atoms with E-state index in [4.69, 9.17) is 0 Å². The number of carbonyl (C=O) groups excluding carboxylic acids is 1. The van der Waals surface area contributed by atoms with Crippen LogP contribution in [-0.2, 0) is 11.2 Å². The highest BCUT2D eigenvalue weighted by Gasteiger charge is 2.29. The van der Waals surface area contributed by atoms with Gasteiger partial charge in [0.15, 0.2) is 0 Å². The molecule has 2 heterocycles. The summed E-state index contributed by atoms with van der Waals surface area (Å²) >= 11 is 0. The largest absolute Gasteiger partial charge is 0.396 e. The third kappa shape index (κ3) is 4.81. The monoisotopic (exact) mass is 308 g/mol. The molecule has 124 valence electrons. The zero-order valence-corrected chi connectivity index (χ0v) is 13.7. The van der Waals surface area contributed by atoms with Crippen LogP contribution in [0.25, 0.3) is 0 Å². The van der Waals surface area contributed by atoms with Gasteiger partial charge in [-0.3, -0.25) is 14.8 Å². The van der Waals surface area contributed by atoms with E-state index >= 15 is 0 Å². The molecule has 1 aliphatic rings. The van der Waals surface area contributed by atoms with E-state index in [9.17, 15) is 9.90 Å². The van der Waals surface area contributed by atoms with Crippen LogP contribution < -0.4 is 0 Å². The minimum atomic E-state index is 0.177. The Morgan fingerprint density at radius 1 is 1.50 bits per heavy atom. The van der Waals surface area contributed by atoms with Gasteiger partial charge in [0.1, 0.15) is 0 Å². The third-order valence-electron chi connectivity index (χ3n) is 4.20. The molecule has 2 rings (SSSR count). The molecule has 0 aliphatic carbocycles. The van der Waals surface area contributed by atoms with Crippen molar-refractivity contribution in [2.24, 2.45) is 5.92 Å². The second-order valence-corrected chi connectivity index (χ2v) is 6.50. The summed E-state index contributed by atoms with van der Waals surface area (Å²) in [6, 6.07) is 0.277. The number of aliphatic hydroxyl groups excluding tert-OH is 1. The summed E-state index contributed by atoms with van der Waals surface area (Å²) in [6.45, 7) is 8.05. The number of nitrogens with one attached hydrogen (secondary N) is 1. The first-order valence-corrected chi connectivity index (χ1v) is 8.20. The highest BCUT2D eigenvalue weighted by atomic mass is 16.3.